The molecule has 1 fully saturated rings. The van der Waals surface area contributed by atoms with Crippen molar-refractivity contribution in [3.05, 3.63) is 38.5 Å². The van der Waals surface area contributed by atoms with Gasteiger partial charge in [-0.05, 0) is 14.0 Å². The van der Waals surface area contributed by atoms with Gasteiger partial charge in [0.15, 0.2) is 10.9 Å². The van der Waals surface area contributed by atoms with E-state index in [0.29, 0.717) is 21.7 Å². The van der Waals surface area contributed by atoms with Crippen LogP contribution in [0.2, 0.25) is 4.34 Å². The Balaban J connectivity index is 1.46. The zero-order chi connectivity index (χ0) is 21.3. The molecule has 3 aromatic rings. The van der Waals surface area contributed by atoms with Gasteiger partial charge in [0, 0.05) is 37.6 Å². The van der Waals surface area contributed by atoms with Crippen LogP contribution >= 0.6 is 34.3 Å². The van der Waals surface area contributed by atoms with E-state index in [2.05, 4.69) is 42.4 Å². The van der Waals surface area contributed by atoms with Crippen molar-refractivity contribution in [3.8, 4) is 0 Å². The molecule has 0 bridgehead atoms. The lowest BCUT2D eigenvalue weighted by Gasteiger charge is -2.33. The Labute approximate surface area is 185 Å². The lowest BCUT2D eigenvalue weighted by atomic mass is 10.3. The second-order valence-corrected chi connectivity index (χ2v) is 9.30. The highest BCUT2D eigenvalue weighted by molar-refractivity contribution is 7.17. The molecule has 4 rings (SSSR count). The standard InChI is InChI=1S/C18H19ClFN7OS2/c1-10-22-13(7-14(23-10)27-5-3-26(2)4-6-27)24-18-21-8-12(30-18)17(28)25-15-11(20)9-29-16(15)19/h7-9H,3-6H2,1-2H3,(H,25,28)(H,21,22,23,24). The number of thiophene rings is 1. The first-order valence-corrected chi connectivity index (χ1v) is 11.2. The first kappa shape index (κ1) is 20.9. The van der Waals surface area contributed by atoms with Gasteiger partial charge >= 0.3 is 0 Å². The Morgan fingerprint density at radius 2 is 2.03 bits per heavy atom. The minimum Gasteiger partial charge on any atom is -0.354 e. The van der Waals surface area contributed by atoms with Crippen LogP contribution in [-0.4, -0.2) is 59.0 Å². The number of thiazole rings is 1. The van der Waals surface area contributed by atoms with Crippen LogP contribution in [0.25, 0.3) is 0 Å². The summed E-state index contributed by atoms with van der Waals surface area (Å²) in [4.78, 5) is 30.4. The number of aryl methyl sites for hydroxylation is 1. The van der Waals surface area contributed by atoms with E-state index < -0.39 is 11.7 Å². The average Bonchev–Trinajstić information content (AvgIpc) is 3.30. The fourth-order valence-corrected chi connectivity index (χ4v) is 4.54. The second-order valence-electron chi connectivity index (χ2n) is 6.79. The molecule has 12 heteroatoms. The highest BCUT2D eigenvalue weighted by Crippen LogP contribution is 2.32. The van der Waals surface area contributed by atoms with Gasteiger partial charge in [-0.3, -0.25) is 4.79 Å². The van der Waals surface area contributed by atoms with Gasteiger partial charge in [0.25, 0.3) is 5.91 Å². The molecule has 0 spiro atoms. The average molecular weight is 468 g/mol. The number of halogens is 2. The quantitative estimate of drug-likeness (QED) is 0.589. The van der Waals surface area contributed by atoms with E-state index >= 15 is 0 Å². The molecule has 4 heterocycles. The Bertz CT molecular complexity index is 1050. The fourth-order valence-electron chi connectivity index (χ4n) is 2.96. The third-order valence-corrected chi connectivity index (χ3v) is 6.66. The topological polar surface area (TPSA) is 86.3 Å². The highest BCUT2D eigenvalue weighted by atomic mass is 35.5. The van der Waals surface area contributed by atoms with Gasteiger partial charge in [-0.25, -0.2) is 19.3 Å². The van der Waals surface area contributed by atoms with E-state index in [1.54, 1.807) is 0 Å². The summed E-state index contributed by atoms with van der Waals surface area (Å²) in [5.41, 5.74) is -0.0159. The van der Waals surface area contributed by atoms with Crippen LogP contribution in [0.1, 0.15) is 15.5 Å². The highest BCUT2D eigenvalue weighted by Gasteiger charge is 2.19. The molecule has 0 radical (unpaired) electrons. The summed E-state index contributed by atoms with van der Waals surface area (Å²) < 4.78 is 13.9. The Hall–Kier alpha value is -2.34. The number of aromatic nitrogens is 3. The molecular formula is C18H19ClFN7OS2. The minimum absolute atomic E-state index is 0.0159. The van der Waals surface area contributed by atoms with E-state index in [-0.39, 0.29) is 10.0 Å². The van der Waals surface area contributed by atoms with E-state index in [0.717, 1.165) is 54.7 Å². The number of hydrogen-bond acceptors (Lipinski definition) is 9. The van der Waals surface area contributed by atoms with Crippen LogP contribution in [0.5, 0.6) is 0 Å². The zero-order valence-corrected chi connectivity index (χ0v) is 18.7. The van der Waals surface area contributed by atoms with Crippen LogP contribution in [-0.2, 0) is 0 Å². The maximum absolute atomic E-state index is 13.7. The molecule has 8 nitrogen and oxygen atoms in total. The molecule has 158 valence electrons. The third kappa shape index (κ3) is 4.69. The van der Waals surface area contributed by atoms with Gasteiger partial charge in [0.05, 0.1) is 6.20 Å². The summed E-state index contributed by atoms with van der Waals surface area (Å²) in [5, 5.41) is 7.36. The van der Waals surface area contributed by atoms with Crippen LogP contribution in [0.4, 0.5) is 26.8 Å². The number of amides is 1. The number of likely N-dealkylation sites (N-methyl/N-ethyl adjacent to an activating group) is 1. The molecule has 0 aliphatic carbocycles. The van der Waals surface area contributed by atoms with Crippen molar-refractivity contribution in [3.63, 3.8) is 0 Å². The van der Waals surface area contributed by atoms with Crippen LogP contribution in [0.3, 0.4) is 0 Å². The van der Waals surface area contributed by atoms with Gasteiger partial charge in [-0.15, -0.1) is 11.3 Å². The number of piperazine rings is 1. The largest absolute Gasteiger partial charge is 0.354 e. The molecule has 3 aromatic heterocycles. The first-order chi connectivity index (χ1) is 14.4. The Morgan fingerprint density at radius 3 is 2.73 bits per heavy atom. The molecule has 1 saturated heterocycles. The number of rotatable bonds is 5. The zero-order valence-electron chi connectivity index (χ0n) is 16.3. The maximum Gasteiger partial charge on any atom is 0.267 e. The van der Waals surface area contributed by atoms with Gasteiger partial charge in [-0.2, -0.15) is 0 Å². The summed E-state index contributed by atoms with van der Waals surface area (Å²) >= 11 is 8.07. The summed E-state index contributed by atoms with van der Waals surface area (Å²) in [5.74, 6) is 1.07. The molecule has 2 N–H and O–H groups in total. The van der Waals surface area contributed by atoms with Crippen molar-refractivity contribution in [2.24, 2.45) is 0 Å². The van der Waals surface area contributed by atoms with Gasteiger partial charge < -0.3 is 20.4 Å². The SMILES string of the molecule is Cc1nc(Nc2ncc(C(=O)Nc3c(F)csc3Cl)s2)cc(N2CCN(C)CC2)n1. The molecule has 0 aromatic carbocycles. The fraction of sp³-hybridized carbons (Fsp3) is 0.333. The summed E-state index contributed by atoms with van der Waals surface area (Å²) in [6, 6.07) is 1.87. The molecular weight excluding hydrogens is 449 g/mol. The summed E-state index contributed by atoms with van der Waals surface area (Å²) in [7, 11) is 2.10. The van der Waals surface area contributed by atoms with Crippen molar-refractivity contribution in [1.29, 1.82) is 0 Å². The van der Waals surface area contributed by atoms with E-state index in [4.69, 9.17) is 11.6 Å². The van der Waals surface area contributed by atoms with E-state index in [1.165, 1.54) is 11.6 Å². The van der Waals surface area contributed by atoms with Gasteiger partial charge in [0.2, 0.25) is 0 Å². The molecule has 1 amide bonds. The molecule has 30 heavy (non-hydrogen) atoms. The number of nitrogens with one attached hydrogen (secondary N) is 2. The van der Waals surface area contributed by atoms with Gasteiger partial charge in [-0.1, -0.05) is 22.9 Å². The number of nitrogens with zero attached hydrogens (tertiary/aromatic N) is 5. The number of hydrogen-bond donors (Lipinski definition) is 2. The Kier molecular flexibility index (Phi) is 6.14. The smallest absolute Gasteiger partial charge is 0.267 e. The van der Waals surface area contributed by atoms with Crippen LogP contribution in [0, 0.1) is 12.7 Å². The lowest BCUT2D eigenvalue weighted by Crippen LogP contribution is -2.44. The third-order valence-electron chi connectivity index (χ3n) is 4.56. The minimum atomic E-state index is -0.561. The van der Waals surface area contributed by atoms with Crippen molar-refractivity contribution in [1.82, 2.24) is 19.9 Å². The van der Waals surface area contributed by atoms with Crippen LogP contribution in [0.15, 0.2) is 17.6 Å². The summed E-state index contributed by atoms with van der Waals surface area (Å²) in [6.07, 6.45) is 1.43. The molecule has 1 aliphatic rings. The summed E-state index contributed by atoms with van der Waals surface area (Å²) in [6.45, 7) is 5.59. The molecule has 1 aliphatic heterocycles. The van der Waals surface area contributed by atoms with Crippen molar-refractivity contribution in [2.75, 3.05) is 48.8 Å². The normalized spacial score (nSPS) is 14.7. The van der Waals surface area contributed by atoms with Crippen LogP contribution < -0.4 is 15.5 Å². The monoisotopic (exact) mass is 467 g/mol. The van der Waals surface area contributed by atoms with Crippen molar-refractivity contribution in [2.45, 2.75) is 6.92 Å². The predicted molar refractivity (Wildman–Crippen MR) is 119 cm³/mol. The molecule has 0 saturated carbocycles. The number of carbonyl (C=O) groups is 1. The lowest BCUT2D eigenvalue weighted by molar-refractivity contribution is 0.103. The predicted octanol–water partition coefficient (Wildman–Crippen LogP) is 3.84. The molecule has 0 unspecified atom stereocenters. The first-order valence-electron chi connectivity index (χ1n) is 9.15. The Morgan fingerprint density at radius 1 is 1.27 bits per heavy atom. The van der Waals surface area contributed by atoms with E-state index in [9.17, 15) is 9.18 Å². The number of carbonyl (C=O) groups excluding carboxylic acids is 1. The number of anilines is 4. The van der Waals surface area contributed by atoms with Crippen molar-refractivity contribution < 1.29 is 9.18 Å². The van der Waals surface area contributed by atoms with Crippen molar-refractivity contribution >= 4 is 62.6 Å². The maximum atomic E-state index is 13.7. The second kappa shape index (κ2) is 8.80. The molecule has 0 atom stereocenters. The van der Waals surface area contributed by atoms with E-state index in [1.807, 2.05) is 13.0 Å². The van der Waals surface area contributed by atoms with Gasteiger partial charge in [0.1, 0.15) is 32.4 Å².